The molecule has 1 saturated carbocycles. The monoisotopic (exact) mass is 459 g/mol. The van der Waals surface area contributed by atoms with Gasteiger partial charge in [0, 0.05) is 5.39 Å². The van der Waals surface area contributed by atoms with Crippen LogP contribution in [0.15, 0.2) is 54.6 Å². The Morgan fingerprint density at radius 2 is 1.65 bits per heavy atom. The van der Waals surface area contributed by atoms with Gasteiger partial charge in [0.15, 0.2) is 9.90 Å². The second-order valence-electron chi connectivity index (χ2n) is 8.60. The third-order valence-corrected chi connectivity index (χ3v) is 9.01. The summed E-state index contributed by atoms with van der Waals surface area (Å²) in [6, 6.07) is 16.4. The van der Waals surface area contributed by atoms with Crippen LogP contribution in [0, 0.1) is 0 Å². The summed E-state index contributed by atoms with van der Waals surface area (Å²) < 4.78 is 26.6. The molecule has 3 aromatic rings. The first-order valence-electron chi connectivity index (χ1n) is 10.5. The zero-order valence-corrected chi connectivity index (χ0v) is 19.2. The lowest BCUT2D eigenvalue weighted by Gasteiger charge is -2.30. The number of para-hydroxylation sites is 1. The average molecular weight is 460 g/mol. The largest absolute Gasteiger partial charge is 0.342 e. The molecule has 164 valence electrons. The third kappa shape index (κ3) is 3.85. The Kier molecular flexibility index (Phi) is 5.60. The maximum absolute atomic E-state index is 13.5. The van der Waals surface area contributed by atoms with Gasteiger partial charge in [-0.3, -0.25) is 4.79 Å². The summed E-state index contributed by atoms with van der Waals surface area (Å²) >= 11 is 6.63. The molecule has 0 saturated heterocycles. The van der Waals surface area contributed by atoms with Crippen molar-refractivity contribution in [3.8, 4) is 0 Å². The van der Waals surface area contributed by atoms with Crippen LogP contribution in [0.4, 0.5) is 0 Å². The van der Waals surface area contributed by atoms with E-state index in [2.05, 4.69) is 10.4 Å². The molecule has 0 unspecified atom stereocenters. The van der Waals surface area contributed by atoms with Crippen molar-refractivity contribution in [1.29, 1.82) is 0 Å². The number of nitrogens with one attached hydrogen (secondary N) is 1. The number of rotatable bonds is 5. The van der Waals surface area contributed by atoms with E-state index in [0.717, 1.165) is 28.9 Å². The van der Waals surface area contributed by atoms with E-state index in [9.17, 15) is 13.2 Å². The Labute approximate surface area is 187 Å². The molecule has 8 heteroatoms. The van der Waals surface area contributed by atoms with E-state index in [4.69, 9.17) is 11.6 Å². The van der Waals surface area contributed by atoms with Crippen LogP contribution in [0.2, 0.25) is 0 Å². The third-order valence-electron chi connectivity index (χ3n) is 5.98. The Hall–Kier alpha value is -2.38. The molecule has 31 heavy (non-hydrogen) atoms. The number of carbonyl (C=O) groups is 1. The van der Waals surface area contributed by atoms with Crippen molar-refractivity contribution >= 4 is 38.4 Å². The van der Waals surface area contributed by atoms with Crippen molar-refractivity contribution in [1.82, 2.24) is 14.5 Å². The summed E-state index contributed by atoms with van der Waals surface area (Å²) in [4.78, 5) is 13.2. The number of carbonyl (C=O) groups excluding carboxylic acids is 1. The molecule has 1 heterocycles. The number of fused-ring (bicyclic) bond motifs is 1. The molecular formula is C23H26ClN3O3S. The molecular weight excluding hydrogens is 434 g/mol. The van der Waals surface area contributed by atoms with Gasteiger partial charge < -0.3 is 5.32 Å². The number of hydrogen-bond acceptors (Lipinski definition) is 4. The molecule has 1 fully saturated rings. The van der Waals surface area contributed by atoms with E-state index in [1.54, 1.807) is 24.3 Å². The van der Waals surface area contributed by atoms with Gasteiger partial charge in [-0.25, -0.2) is 8.42 Å². The van der Waals surface area contributed by atoms with Gasteiger partial charge in [0.2, 0.25) is 0 Å². The quantitative estimate of drug-likeness (QED) is 0.557. The van der Waals surface area contributed by atoms with E-state index in [1.165, 1.54) is 0 Å². The summed E-state index contributed by atoms with van der Waals surface area (Å²) in [7, 11) is -4.01. The van der Waals surface area contributed by atoms with Crippen molar-refractivity contribution in [2.45, 2.75) is 55.7 Å². The molecule has 4 rings (SSSR count). The van der Waals surface area contributed by atoms with Gasteiger partial charge in [-0.15, -0.1) is 0 Å². The van der Waals surface area contributed by atoms with Gasteiger partial charge in [0.05, 0.1) is 11.1 Å². The average Bonchev–Trinajstić information content (AvgIpc) is 3.15. The highest BCUT2D eigenvalue weighted by Crippen LogP contribution is 2.40. The molecule has 0 radical (unpaired) electrons. The summed E-state index contributed by atoms with van der Waals surface area (Å²) in [6.07, 6.45) is 3.20. The van der Waals surface area contributed by atoms with Gasteiger partial charge in [-0.05, 0) is 38.3 Å². The first kappa shape index (κ1) is 21.8. The number of amides is 1. The highest BCUT2D eigenvalue weighted by Gasteiger charge is 2.45. The zero-order chi connectivity index (χ0) is 22.3. The summed E-state index contributed by atoms with van der Waals surface area (Å²) in [6.45, 7) is 3.79. The zero-order valence-electron chi connectivity index (χ0n) is 17.6. The fourth-order valence-corrected chi connectivity index (χ4v) is 6.34. The normalized spacial score (nSPS) is 16.9. The smallest absolute Gasteiger partial charge is 0.274 e. The molecule has 0 aliphatic heterocycles. The molecule has 6 nitrogen and oxygen atoms in total. The molecule has 1 aromatic heterocycles. The summed E-state index contributed by atoms with van der Waals surface area (Å²) in [5.74, 6) is -0.439. The molecule has 1 aliphatic carbocycles. The van der Waals surface area contributed by atoms with Crippen LogP contribution >= 0.6 is 11.6 Å². The Morgan fingerprint density at radius 3 is 2.32 bits per heavy atom. The van der Waals surface area contributed by atoms with E-state index >= 15 is 0 Å². The van der Waals surface area contributed by atoms with Gasteiger partial charge in [0.25, 0.3) is 15.9 Å². The molecule has 1 amide bonds. The van der Waals surface area contributed by atoms with Crippen molar-refractivity contribution in [3.05, 3.63) is 65.9 Å². The van der Waals surface area contributed by atoms with Crippen LogP contribution < -0.4 is 5.32 Å². The Bertz CT molecular complexity index is 1210. The lowest BCUT2D eigenvalue weighted by molar-refractivity contribution is 0.0908. The summed E-state index contributed by atoms with van der Waals surface area (Å²) in [5, 5.41) is 7.76. The highest BCUT2D eigenvalue weighted by molar-refractivity contribution is 7.92. The van der Waals surface area contributed by atoms with Crippen LogP contribution in [0.3, 0.4) is 0 Å². The van der Waals surface area contributed by atoms with Crippen molar-refractivity contribution in [3.63, 3.8) is 0 Å². The molecule has 2 aromatic carbocycles. The topological polar surface area (TPSA) is 81.1 Å². The second-order valence-corrected chi connectivity index (χ2v) is 11.6. The minimum atomic E-state index is -4.01. The fourth-order valence-electron chi connectivity index (χ4n) is 4.15. The first-order chi connectivity index (χ1) is 14.7. The van der Waals surface area contributed by atoms with Gasteiger partial charge in [-0.1, -0.05) is 79.4 Å². The van der Waals surface area contributed by atoms with E-state index in [-0.39, 0.29) is 5.69 Å². The van der Waals surface area contributed by atoms with Crippen LogP contribution in [0.25, 0.3) is 10.9 Å². The number of halogens is 1. The number of hydrogen-bond donors (Lipinski definition) is 1. The molecule has 0 spiro atoms. The van der Waals surface area contributed by atoms with Crippen LogP contribution in [-0.2, 0) is 15.6 Å². The maximum Gasteiger partial charge on any atom is 0.274 e. The second kappa shape index (κ2) is 7.95. The predicted octanol–water partition coefficient (Wildman–Crippen LogP) is 4.78. The number of nitrogens with zero attached hydrogens (tertiary/aromatic N) is 2. The summed E-state index contributed by atoms with van der Waals surface area (Å²) in [5.41, 5.74) is 0.691. The highest BCUT2D eigenvalue weighted by atomic mass is 35.5. The van der Waals surface area contributed by atoms with Crippen molar-refractivity contribution in [2.24, 2.45) is 0 Å². The lowest BCUT2D eigenvalue weighted by Crippen LogP contribution is -2.42. The SMILES string of the molecule is CC(C)(NC(=O)c1nn(S(=O)(=O)C2(Cl)CCCCC2)c2ccccc12)c1ccccc1. The van der Waals surface area contributed by atoms with Crippen LogP contribution in [0.1, 0.15) is 62.0 Å². The number of alkyl halides is 1. The van der Waals surface area contributed by atoms with E-state index in [1.807, 2.05) is 44.2 Å². The first-order valence-corrected chi connectivity index (χ1v) is 12.3. The number of benzene rings is 2. The van der Waals surface area contributed by atoms with Crippen molar-refractivity contribution in [2.75, 3.05) is 0 Å². The maximum atomic E-state index is 13.5. The molecule has 0 bridgehead atoms. The Morgan fingerprint density at radius 1 is 1.03 bits per heavy atom. The van der Waals surface area contributed by atoms with Gasteiger partial charge in [-0.2, -0.15) is 9.19 Å². The van der Waals surface area contributed by atoms with Crippen LogP contribution in [-0.4, -0.2) is 27.7 Å². The molecule has 1 aliphatic rings. The fraction of sp³-hybridized carbons (Fsp3) is 0.391. The van der Waals surface area contributed by atoms with Gasteiger partial charge >= 0.3 is 0 Å². The minimum absolute atomic E-state index is 0.0688. The number of aromatic nitrogens is 2. The molecule has 1 N–H and O–H groups in total. The standard InChI is InChI=1S/C23H26ClN3O3S/c1-22(2,17-11-5-3-6-12-17)25-21(28)20-18-13-7-8-14-19(18)27(26-20)31(29,30)23(24)15-9-4-10-16-23/h3,5-8,11-14H,4,9-10,15-16H2,1-2H3,(H,25,28). The molecule has 0 atom stereocenters. The van der Waals surface area contributed by atoms with E-state index < -0.39 is 25.7 Å². The van der Waals surface area contributed by atoms with Crippen molar-refractivity contribution < 1.29 is 13.2 Å². The Balaban J connectivity index is 1.76. The minimum Gasteiger partial charge on any atom is -0.342 e. The van der Waals surface area contributed by atoms with Gasteiger partial charge in [0.1, 0.15) is 0 Å². The van der Waals surface area contributed by atoms with Crippen LogP contribution in [0.5, 0.6) is 0 Å². The lowest BCUT2D eigenvalue weighted by atomic mass is 9.94. The van der Waals surface area contributed by atoms with E-state index in [0.29, 0.717) is 23.7 Å². The predicted molar refractivity (Wildman–Crippen MR) is 123 cm³/mol.